The summed E-state index contributed by atoms with van der Waals surface area (Å²) in [5.41, 5.74) is 1.84. The molecule has 1 N–H and O–H groups in total. The number of anilines is 1. The fourth-order valence-corrected chi connectivity index (χ4v) is 2.87. The van der Waals surface area contributed by atoms with Gasteiger partial charge in [0.15, 0.2) is 11.7 Å². The molecule has 1 heterocycles. The first-order valence-electron chi connectivity index (χ1n) is 8.75. The SMILES string of the molecule is CN(C)C(=O)c1cccc(NC(=O)CCc2ncc(-c3ccccc3Cl)o2)c1. The number of nitrogens with zero attached hydrogens (tertiary/aromatic N) is 2. The van der Waals surface area contributed by atoms with Crippen molar-refractivity contribution >= 4 is 29.1 Å². The maximum absolute atomic E-state index is 12.2. The van der Waals surface area contributed by atoms with Crippen LogP contribution in [-0.4, -0.2) is 35.8 Å². The Balaban J connectivity index is 1.59. The van der Waals surface area contributed by atoms with Gasteiger partial charge < -0.3 is 14.6 Å². The lowest BCUT2D eigenvalue weighted by Gasteiger charge is -2.11. The largest absolute Gasteiger partial charge is 0.441 e. The van der Waals surface area contributed by atoms with E-state index in [2.05, 4.69) is 10.3 Å². The van der Waals surface area contributed by atoms with Gasteiger partial charge in [0, 0.05) is 43.8 Å². The Kier molecular flexibility index (Phi) is 6.11. The summed E-state index contributed by atoms with van der Waals surface area (Å²) in [5.74, 6) is 0.715. The van der Waals surface area contributed by atoms with Crippen molar-refractivity contribution in [2.24, 2.45) is 0 Å². The zero-order valence-corrected chi connectivity index (χ0v) is 16.4. The molecule has 3 rings (SSSR count). The number of aryl methyl sites for hydroxylation is 1. The van der Waals surface area contributed by atoms with Gasteiger partial charge >= 0.3 is 0 Å². The normalized spacial score (nSPS) is 10.5. The fourth-order valence-electron chi connectivity index (χ4n) is 2.64. The predicted octanol–water partition coefficient (Wildman–Crippen LogP) is 4.27. The molecule has 0 saturated heterocycles. The fraction of sp³-hybridized carbons (Fsp3) is 0.190. The Morgan fingerprint density at radius 3 is 2.68 bits per heavy atom. The third-order valence-electron chi connectivity index (χ3n) is 4.06. The second-order valence-electron chi connectivity index (χ2n) is 6.43. The molecule has 0 aliphatic carbocycles. The summed E-state index contributed by atoms with van der Waals surface area (Å²) >= 11 is 6.16. The second-order valence-corrected chi connectivity index (χ2v) is 6.83. The maximum Gasteiger partial charge on any atom is 0.253 e. The van der Waals surface area contributed by atoms with Crippen LogP contribution in [0.4, 0.5) is 5.69 Å². The highest BCUT2D eigenvalue weighted by atomic mass is 35.5. The summed E-state index contributed by atoms with van der Waals surface area (Å²) < 4.78 is 5.70. The Morgan fingerprint density at radius 1 is 1.14 bits per heavy atom. The van der Waals surface area contributed by atoms with Gasteiger partial charge in [-0.15, -0.1) is 0 Å². The zero-order valence-electron chi connectivity index (χ0n) is 15.6. The predicted molar refractivity (Wildman–Crippen MR) is 108 cm³/mol. The van der Waals surface area contributed by atoms with Crippen LogP contribution in [0.15, 0.2) is 59.1 Å². The van der Waals surface area contributed by atoms with Gasteiger partial charge in [0.05, 0.1) is 11.2 Å². The van der Waals surface area contributed by atoms with Crippen LogP contribution in [0.25, 0.3) is 11.3 Å². The molecule has 3 aromatic rings. The van der Waals surface area contributed by atoms with E-state index >= 15 is 0 Å². The molecule has 0 aliphatic heterocycles. The number of amides is 2. The van der Waals surface area contributed by atoms with Gasteiger partial charge in [0.2, 0.25) is 5.91 Å². The molecular formula is C21H20ClN3O3. The van der Waals surface area contributed by atoms with Crippen molar-refractivity contribution in [2.75, 3.05) is 19.4 Å². The number of oxazole rings is 1. The lowest BCUT2D eigenvalue weighted by Crippen LogP contribution is -2.22. The third kappa shape index (κ3) is 4.78. The average molecular weight is 398 g/mol. The smallest absolute Gasteiger partial charge is 0.253 e. The number of aromatic nitrogens is 1. The van der Waals surface area contributed by atoms with Crippen molar-refractivity contribution in [3.05, 3.63) is 71.2 Å². The molecule has 0 aliphatic rings. The minimum atomic E-state index is -0.188. The van der Waals surface area contributed by atoms with Crippen LogP contribution in [-0.2, 0) is 11.2 Å². The summed E-state index contributed by atoms with van der Waals surface area (Å²) in [6.45, 7) is 0. The van der Waals surface area contributed by atoms with Gasteiger partial charge in [-0.25, -0.2) is 4.98 Å². The minimum Gasteiger partial charge on any atom is -0.441 e. The number of hydrogen-bond acceptors (Lipinski definition) is 4. The lowest BCUT2D eigenvalue weighted by molar-refractivity contribution is -0.116. The summed E-state index contributed by atoms with van der Waals surface area (Å²) in [7, 11) is 3.36. The molecule has 6 nitrogen and oxygen atoms in total. The number of nitrogens with one attached hydrogen (secondary N) is 1. The highest BCUT2D eigenvalue weighted by Crippen LogP contribution is 2.28. The minimum absolute atomic E-state index is 0.122. The van der Waals surface area contributed by atoms with Gasteiger partial charge in [-0.05, 0) is 30.3 Å². The van der Waals surface area contributed by atoms with E-state index in [4.69, 9.17) is 16.0 Å². The molecule has 0 fully saturated rings. The number of hydrogen-bond donors (Lipinski definition) is 1. The van der Waals surface area contributed by atoms with E-state index in [0.717, 1.165) is 5.56 Å². The zero-order chi connectivity index (χ0) is 20.1. The number of carbonyl (C=O) groups is 2. The lowest BCUT2D eigenvalue weighted by atomic mass is 10.1. The van der Waals surface area contributed by atoms with E-state index in [1.165, 1.54) is 4.90 Å². The molecule has 1 aromatic heterocycles. The average Bonchev–Trinajstić information content (AvgIpc) is 3.15. The Bertz CT molecular complexity index is 998. The second kappa shape index (κ2) is 8.71. The molecule has 7 heteroatoms. The van der Waals surface area contributed by atoms with Gasteiger partial charge in [0.1, 0.15) is 0 Å². The molecule has 144 valence electrons. The highest BCUT2D eigenvalue weighted by Gasteiger charge is 2.12. The van der Waals surface area contributed by atoms with E-state index < -0.39 is 0 Å². The number of rotatable bonds is 6. The molecule has 0 unspecified atom stereocenters. The molecule has 2 aromatic carbocycles. The van der Waals surface area contributed by atoms with Crippen molar-refractivity contribution in [1.82, 2.24) is 9.88 Å². The molecule has 0 bridgehead atoms. The molecule has 2 amide bonds. The topological polar surface area (TPSA) is 75.4 Å². The quantitative estimate of drug-likeness (QED) is 0.674. The van der Waals surface area contributed by atoms with Crippen molar-refractivity contribution in [1.29, 1.82) is 0 Å². The molecule has 28 heavy (non-hydrogen) atoms. The van der Waals surface area contributed by atoms with E-state index in [1.807, 2.05) is 18.2 Å². The monoisotopic (exact) mass is 397 g/mol. The van der Waals surface area contributed by atoms with Crippen LogP contribution in [0.3, 0.4) is 0 Å². The number of halogens is 1. The van der Waals surface area contributed by atoms with Crippen molar-refractivity contribution in [2.45, 2.75) is 12.8 Å². The van der Waals surface area contributed by atoms with E-state index in [1.54, 1.807) is 50.6 Å². The molecule has 0 radical (unpaired) electrons. The molecule has 0 atom stereocenters. The number of benzene rings is 2. The standard InChI is InChI=1S/C21H20ClN3O3/c1-25(2)21(27)14-6-5-7-15(12-14)24-19(26)10-11-20-23-13-18(28-20)16-8-3-4-9-17(16)22/h3-9,12-13H,10-11H2,1-2H3,(H,24,26). The van der Waals surface area contributed by atoms with Crippen LogP contribution in [0.2, 0.25) is 5.02 Å². The Labute approximate surface area is 168 Å². The Morgan fingerprint density at radius 2 is 1.93 bits per heavy atom. The number of carbonyl (C=O) groups excluding carboxylic acids is 2. The highest BCUT2D eigenvalue weighted by molar-refractivity contribution is 6.33. The van der Waals surface area contributed by atoms with Crippen LogP contribution in [0.1, 0.15) is 22.7 Å². The third-order valence-corrected chi connectivity index (χ3v) is 4.39. The molecule has 0 spiro atoms. The summed E-state index contributed by atoms with van der Waals surface area (Å²) in [6.07, 6.45) is 2.16. The van der Waals surface area contributed by atoms with Crippen LogP contribution in [0.5, 0.6) is 0 Å². The van der Waals surface area contributed by atoms with Gasteiger partial charge in [-0.1, -0.05) is 29.8 Å². The van der Waals surface area contributed by atoms with Crippen molar-refractivity contribution in [3.8, 4) is 11.3 Å². The molecule has 0 saturated carbocycles. The van der Waals surface area contributed by atoms with Gasteiger partial charge in [-0.2, -0.15) is 0 Å². The first-order valence-corrected chi connectivity index (χ1v) is 9.13. The van der Waals surface area contributed by atoms with Gasteiger partial charge in [-0.3, -0.25) is 9.59 Å². The van der Waals surface area contributed by atoms with Crippen LogP contribution >= 0.6 is 11.6 Å². The summed E-state index contributed by atoms with van der Waals surface area (Å²) in [5, 5.41) is 3.37. The summed E-state index contributed by atoms with van der Waals surface area (Å²) in [4.78, 5) is 30.0. The van der Waals surface area contributed by atoms with Crippen LogP contribution < -0.4 is 5.32 Å². The maximum atomic E-state index is 12.2. The summed E-state index contributed by atoms with van der Waals surface area (Å²) in [6, 6.07) is 14.2. The Hall–Kier alpha value is -3.12. The van der Waals surface area contributed by atoms with Crippen molar-refractivity contribution < 1.29 is 14.0 Å². The first-order chi connectivity index (χ1) is 13.4. The van der Waals surface area contributed by atoms with Crippen molar-refractivity contribution in [3.63, 3.8) is 0 Å². The molecular weight excluding hydrogens is 378 g/mol. The van der Waals surface area contributed by atoms with E-state index in [-0.39, 0.29) is 18.2 Å². The van der Waals surface area contributed by atoms with Gasteiger partial charge in [0.25, 0.3) is 5.91 Å². The van der Waals surface area contributed by atoms with Crippen LogP contribution in [0, 0.1) is 0 Å². The van der Waals surface area contributed by atoms with E-state index in [9.17, 15) is 9.59 Å². The first kappa shape index (κ1) is 19.6. The van der Waals surface area contributed by atoms with E-state index in [0.29, 0.717) is 34.3 Å².